The summed E-state index contributed by atoms with van der Waals surface area (Å²) in [4.78, 5) is 31.7. The summed E-state index contributed by atoms with van der Waals surface area (Å²) in [6.45, 7) is 0. The molecule has 1 N–H and O–H groups in total. The Morgan fingerprint density at radius 2 is 1.66 bits per heavy atom. The first kappa shape index (κ1) is 17.4. The van der Waals surface area contributed by atoms with E-state index in [4.69, 9.17) is 11.6 Å². The lowest BCUT2D eigenvalue weighted by Gasteiger charge is -2.28. The van der Waals surface area contributed by atoms with Crippen molar-refractivity contribution < 1.29 is 9.59 Å². The summed E-state index contributed by atoms with van der Waals surface area (Å²) in [6, 6.07) is 19.5. The minimum atomic E-state index is -0.367. The molecular weight excluding hydrogens is 386 g/mol. The number of carbonyl (C=O) groups excluding carboxylic acids is 2. The molecule has 5 rings (SSSR count). The molecule has 6 heteroatoms. The van der Waals surface area contributed by atoms with Crippen LogP contribution in [0.2, 0.25) is 5.02 Å². The first-order valence-electron chi connectivity index (χ1n) is 9.00. The van der Waals surface area contributed by atoms with E-state index in [0.717, 1.165) is 16.8 Å². The van der Waals surface area contributed by atoms with Crippen molar-refractivity contribution >= 4 is 51.2 Å². The van der Waals surface area contributed by atoms with Gasteiger partial charge in [0.1, 0.15) is 0 Å². The SMILES string of the molecule is O=C1c2cccc3c(Nc4cccnc4)ccc(c23)C(=O)N1c1cccc(Cl)c1. The minimum Gasteiger partial charge on any atom is -0.354 e. The van der Waals surface area contributed by atoms with Crippen molar-refractivity contribution in [1.29, 1.82) is 0 Å². The van der Waals surface area contributed by atoms with Crippen molar-refractivity contribution in [2.45, 2.75) is 0 Å². The minimum absolute atomic E-state index is 0.367. The monoisotopic (exact) mass is 399 g/mol. The molecule has 4 aromatic rings. The zero-order valence-electron chi connectivity index (χ0n) is 15.1. The number of amides is 2. The smallest absolute Gasteiger partial charge is 0.265 e. The Kier molecular flexibility index (Phi) is 4.03. The standard InChI is InChI=1S/C23H14ClN3O2/c24-14-4-1-6-16(12-14)27-22(28)18-8-2-7-17-20(26-15-5-3-11-25-13-15)10-9-19(21(17)18)23(27)29/h1-13,26H. The lowest BCUT2D eigenvalue weighted by Crippen LogP contribution is -2.40. The maximum atomic E-state index is 13.2. The summed E-state index contributed by atoms with van der Waals surface area (Å²) in [5.41, 5.74) is 3.03. The number of pyridine rings is 1. The predicted molar refractivity (Wildman–Crippen MR) is 114 cm³/mol. The number of anilines is 3. The fourth-order valence-electron chi connectivity index (χ4n) is 3.65. The topological polar surface area (TPSA) is 62.3 Å². The number of benzene rings is 3. The molecule has 2 heterocycles. The molecule has 1 aliphatic rings. The molecule has 3 aromatic carbocycles. The zero-order chi connectivity index (χ0) is 20.0. The van der Waals surface area contributed by atoms with Crippen LogP contribution in [0.4, 0.5) is 17.1 Å². The second-order valence-corrected chi connectivity index (χ2v) is 7.12. The van der Waals surface area contributed by atoms with E-state index in [2.05, 4.69) is 10.3 Å². The van der Waals surface area contributed by atoms with Crippen LogP contribution in [-0.2, 0) is 0 Å². The van der Waals surface area contributed by atoms with Crippen LogP contribution in [0.15, 0.2) is 79.1 Å². The number of carbonyl (C=O) groups is 2. The first-order chi connectivity index (χ1) is 14.1. The molecule has 1 aromatic heterocycles. The lowest BCUT2D eigenvalue weighted by molar-refractivity contribution is 0.0893. The predicted octanol–water partition coefficient (Wildman–Crippen LogP) is 5.43. The Balaban J connectivity index is 1.67. The van der Waals surface area contributed by atoms with E-state index >= 15 is 0 Å². The van der Waals surface area contributed by atoms with E-state index in [9.17, 15) is 9.59 Å². The van der Waals surface area contributed by atoms with Crippen LogP contribution in [0.5, 0.6) is 0 Å². The van der Waals surface area contributed by atoms with Gasteiger partial charge in [0, 0.05) is 38.8 Å². The van der Waals surface area contributed by atoms with E-state index in [1.807, 2.05) is 30.3 Å². The number of hydrogen-bond acceptors (Lipinski definition) is 4. The van der Waals surface area contributed by atoms with E-state index < -0.39 is 0 Å². The second-order valence-electron chi connectivity index (χ2n) is 6.68. The molecule has 0 atom stereocenters. The molecule has 0 aliphatic carbocycles. The Morgan fingerprint density at radius 3 is 2.41 bits per heavy atom. The highest BCUT2D eigenvalue weighted by atomic mass is 35.5. The molecule has 1 aliphatic heterocycles. The molecule has 0 saturated carbocycles. The van der Waals surface area contributed by atoms with Gasteiger partial charge in [-0.2, -0.15) is 0 Å². The first-order valence-corrected chi connectivity index (χ1v) is 9.38. The van der Waals surface area contributed by atoms with Gasteiger partial charge in [0.25, 0.3) is 11.8 Å². The average Bonchev–Trinajstić information content (AvgIpc) is 2.74. The molecule has 0 bridgehead atoms. The van der Waals surface area contributed by atoms with Gasteiger partial charge in [-0.15, -0.1) is 0 Å². The quantitative estimate of drug-likeness (QED) is 0.466. The number of rotatable bonds is 3. The van der Waals surface area contributed by atoms with Gasteiger partial charge in [-0.05, 0) is 48.5 Å². The van der Waals surface area contributed by atoms with Gasteiger partial charge < -0.3 is 5.32 Å². The summed E-state index contributed by atoms with van der Waals surface area (Å²) in [5, 5.41) is 5.22. The fraction of sp³-hybridized carbons (Fsp3) is 0. The average molecular weight is 400 g/mol. The summed E-state index contributed by atoms with van der Waals surface area (Å²) in [5.74, 6) is -0.734. The molecule has 140 valence electrons. The number of aromatic nitrogens is 1. The number of halogens is 1. The molecule has 0 saturated heterocycles. The van der Waals surface area contributed by atoms with E-state index in [0.29, 0.717) is 27.2 Å². The summed E-state index contributed by atoms with van der Waals surface area (Å²) in [6.07, 6.45) is 3.41. The van der Waals surface area contributed by atoms with Gasteiger partial charge in [0.2, 0.25) is 0 Å². The number of nitrogens with zero attached hydrogens (tertiary/aromatic N) is 2. The van der Waals surface area contributed by atoms with Crippen LogP contribution in [0.25, 0.3) is 10.8 Å². The maximum Gasteiger partial charge on any atom is 0.265 e. The Morgan fingerprint density at radius 1 is 0.862 bits per heavy atom. The van der Waals surface area contributed by atoms with Crippen LogP contribution >= 0.6 is 11.6 Å². The van der Waals surface area contributed by atoms with Crippen molar-refractivity contribution in [2.75, 3.05) is 10.2 Å². The van der Waals surface area contributed by atoms with Gasteiger partial charge >= 0.3 is 0 Å². The van der Waals surface area contributed by atoms with E-state index in [-0.39, 0.29) is 11.8 Å². The summed E-state index contributed by atoms with van der Waals surface area (Å²) >= 11 is 6.08. The molecule has 0 spiro atoms. The molecule has 2 amide bonds. The summed E-state index contributed by atoms with van der Waals surface area (Å²) in [7, 11) is 0. The van der Waals surface area contributed by atoms with Crippen LogP contribution in [-0.4, -0.2) is 16.8 Å². The van der Waals surface area contributed by atoms with Crippen molar-refractivity contribution in [2.24, 2.45) is 0 Å². The van der Waals surface area contributed by atoms with Crippen LogP contribution in [0, 0.1) is 0 Å². The van der Waals surface area contributed by atoms with Gasteiger partial charge in [-0.1, -0.05) is 29.8 Å². The lowest BCUT2D eigenvalue weighted by atomic mass is 9.92. The van der Waals surface area contributed by atoms with Crippen LogP contribution in [0.3, 0.4) is 0 Å². The summed E-state index contributed by atoms with van der Waals surface area (Å²) < 4.78 is 0. The Bertz CT molecular complexity index is 1270. The molecule has 29 heavy (non-hydrogen) atoms. The molecule has 5 nitrogen and oxygen atoms in total. The van der Waals surface area contributed by atoms with Crippen molar-refractivity contribution in [3.8, 4) is 0 Å². The number of nitrogens with one attached hydrogen (secondary N) is 1. The van der Waals surface area contributed by atoms with Gasteiger partial charge in [0.15, 0.2) is 0 Å². The highest BCUT2D eigenvalue weighted by Crippen LogP contribution is 2.37. The maximum absolute atomic E-state index is 13.2. The van der Waals surface area contributed by atoms with Crippen LogP contribution < -0.4 is 10.2 Å². The third kappa shape index (κ3) is 2.83. The highest BCUT2D eigenvalue weighted by Gasteiger charge is 2.34. The molecule has 0 unspecified atom stereocenters. The Labute approximate surface area is 171 Å². The Hall–Kier alpha value is -3.70. The normalized spacial score (nSPS) is 13.1. The zero-order valence-corrected chi connectivity index (χ0v) is 15.9. The van der Waals surface area contributed by atoms with Gasteiger partial charge in [-0.3, -0.25) is 14.6 Å². The van der Waals surface area contributed by atoms with E-state index in [1.54, 1.807) is 48.8 Å². The van der Waals surface area contributed by atoms with Crippen molar-refractivity contribution in [3.05, 3.63) is 95.3 Å². The third-order valence-corrected chi connectivity index (χ3v) is 5.15. The van der Waals surface area contributed by atoms with Crippen molar-refractivity contribution in [3.63, 3.8) is 0 Å². The van der Waals surface area contributed by atoms with Gasteiger partial charge in [-0.25, -0.2) is 4.90 Å². The molecule has 0 fully saturated rings. The van der Waals surface area contributed by atoms with Crippen LogP contribution in [0.1, 0.15) is 20.7 Å². The van der Waals surface area contributed by atoms with Gasteiger partial charge in [0.05, 0.1) is 17.6 Å². The largest absolute Gasteiger partial charge is 0.354 e. The number of imide groups is 1. The van der Waals surface area contributed by atoms with E-state index in [1.165, 1.54) is 4.90 Å². The molecular formula is C23H14ClN3O2. The second kappa shape index (κ2) is 6.72. The number of hydrogen-bond donors (Lipinski definition) is 1. The molecule has 0 radical (unpaired) electrons. The van der Waals surface area contributed by atoms with Crippen molar-refractivity contribution in [1.82, 2.24) is 4.98 Å². The fourth-order valence-corrected chi connectivity index (χ4v) is 3.83. The third-order valence-electron chi connectivity index (χ3n) is 4.91. The highest BCUT2D eigenvalue weighted by molar-refractivity contribution is 6.37.